The molecule has 0 aliphatic heterocycles. The van der Waals surface area contributed by atoms with Crippen molar-refractivity contribution in [3.05, 3.63) is 65.2 Å². The van der Waals surface area contributed by atoms with Crippen LogP contribution < -0.4 is 4.74 Å². The van der Waals surface area contributed by atoms with Gasteiger partial charge in [0, 0.05) is 11.4 Å². The maximum absolute atomic E-state index is 9.97. The van der Waals surface area contributed by atoms with Crippen molar-refractivity contribution in [1.29, 1.82) is 0 Å². The first-order valence-corrected chi connectivity index (χ1v) is 6.25. The predicted octanol–water partition coefficient (Wildman–Crippen LogP) is 3.84. The normalized spacial score (nSPS) is 12.1. The van der Waals surface area contributed by atoms with Crippen LogP contribution in [0.25, 0.3) is 0 Å². The maximum atomic E-state index is 9.97. The van der Waals surface area contributed by atoms with Crippen molar-refractivity contribution < 1.29 is 9.84 Å². The van der Waals surface area contributed by atoms with Gasteiger partial charge in [-0.05, 0) is 29.8 Å². The van der Waals surface area contributed by atoms with Crippen molar-refractivity contribution in [2.45, 2.75) is 12.5 Å². The number of ether oxygens (including phenoxy) is 1. The van der Waals surface area contributed by atoms with Crippen LogP contribution >= 0.6 is 11.6 Å². The lowest BCUT2D eigenvalue weighted by atomic mass is 10.1. The highest BCUT2D eigenvalue weighted by atomic mass is 35.5. The number of hydrogen-bond donors (Lipinski definition) is 1. The van der Waals surface area contributed by atoms with E-state index in [9.17, 15) is 5.11 Å². The zero-order valence-electron chi connectivity index (χ0n) is 9.92. The Morgan fingerprint density at radius 1 is 1.00 bits per heavy atom. The van der Waals surface area contributed by atoms with Gasteiger partial charge in [-0.25, -0.2) is 0 Å². The fraction of sp³-hybridized carbons (Fsp3) is 0.200. The monoisotopic (exact) mass is 262 g/mol. The van der Waals surface area contributed by atoms with E-state index in [0.717, 1.165) is 11.3 Å². The molecule has 0 heterocycles. The largest absolute Gasteiger partial charge is 0.493 e. The van der Waals surface area contributed by atoms with E-state index in [4.69, 9.17) is 16.3 Å². The third kappa shape index (κ3) is 3.76. The Bertz CT molecular complexity index is 468. The summed E-state index contributed by atoms with van der Waals surface area (Å²) in [5.41, 5.74) is 0.857. The van der Waals surface area contributed by atoms with E-state index < -0.39 is 6.10 Å². The van der Waals surface area contributed by atoms with E-state index in [2.05, 4.69) is 0 Å². The van der Waals surface area contributed by atoms with Crippen LogP contribution in [0.1, 0.15) is 18.1 Å². The van der Waals surface area contributed by atoms with Crippen LogP contribution in [0.4, 0.5) is 0 Å². The second kappa shape index (κ2) is 6.43. The Balaban J connectivity index is 1.81. The zero-order chi connectivity index (χ0) is 12.8. The molecule has 2 aromatic rings. The van der Waals surface area contributed by atoms with Crippen LogP contribution in [0.5, 0.6) is 5.75 Å². The summed E-state index contributed by atoms with van der Waals surface area (Å²) < 4.78 is 5.54. The van der Waals surface area contributed by atoms with Crippen molar-refractivity contribution in [3.8, 4) is 5.75 Å². The summed E-state index contributed by atoms with van der Waals surface area (Å²) in [5.74, 6) is 0.820. The molecule has 0 saturated carbocycles. The number of aliphatic hydroxyl groups excluding tert-OH is 1. The molecule has 3 heteroatoms. The van der Waals surface area contributed by atoms with E-state index in [1.807, 2.05) is 42.5 Å². The number of rotatable bonds is 5. The van der Waals surface area contributed by atoms with Crippen LogP contribution in [0.3, 0.4) is 0 Å². The minimum atomic E-state index is -0.522. The molecule has 0 amide bonds. The highest BCUT2D eigenvalue weighted by molar-refractivity contribution is 6.30. The molecule has 1 atom stereocenters. The molecule has 18 heavy (non-hydrogen) atoms. The maximum Gasteiger partial charge on any atom is 0.119 e. The topological polar surface area (TPSA) is 29.5 Å². The van der Waals surface area contributed by atoms with Gasteiger partial charge in [0.2, 0.25) is 0 Å². The summed E-state index contributed by atoms with van der Waals surface area (Å²) in [6.45, 7) is 0.480. The summed E-state index contributed by atoms with van der Waals surface area (Å²) in [6.07, 6.45) is 0.0299. The summed E-state index contributed by atoms with van der Waals surface area (Å²) >= 11 is 5.79. The standard InChI is InChI=1S/C15H15ClO2/c16-13-8-6-12(7-9-13)15(17)10-11-18-14-4-2-1-3-5-14/h1-9,15,17H,10-11H2. The van der Waals surface area contributed by atoms with Gasteiger partial charge in [0.15, 0.2) is 0 Å². The fourth-order valence-corrected chi connectivity index (χ4v) is 1.78. The Morgan fingerprint density at radius 2 is 1.67 bits per heavy atom. The second-order valence-corrected chi connectivity index (χ2v) is 4.45. The average Bonchev–Trinajstić information content (AvgIpc) is 2.40. The molecular weight excluding hydrogens is 248 g/mol. The fourth-order valence-electron chi connectivity index (χ4n) is 1.66. The molecule has 2 rings (SSSR count). The number of aliphatic hydroxyl groups is 1. The molecule has 0 radical (unpaired) electrons. The van der Waals surface area contributed by atoms with Crippen molar-refractivity contribution in [2.75, 3.05) is 6.61 Å². The van der Waals surface area contributed by atoms with Gasteiger partial charge >= 0.3 is 0 Å². The molecule has 0 spiro atoms. The third-order valence-corrected chi connectivity index (χ3v) is 2.91. The average molecular weight is 263 g/mol. The molecule has 0 aliphatic carbocycles. The zero-order valence-corrected chi connectivity index (χ0v) is 10.7. The third-order valence-electron chi connectivity index (χ3n) is 2.66. The van der Waals surface area contributed by atoms with Gasteiger partial charge < -0.3 is 9.84 Å². The van der Waals surface area contributed by atoms with Crippen molar-refractivity contribution in [3.63, 3.8) is 0 Å². The Hall–Kier alpha value is -1.51. The molecular formula is C15H15ClO2. The van der Waals surface area contributed by atoms with E-state index in [1.165, 1.54) is 0 Å². The first-order chi connectivity index (χ1) is 8.75. The minimum absolute atomic E-state index is 0.480. The van der Waals surface area contributed by atoms with E-state index in [1.54, 1.807) is 12.1 Å². The summed E-state index contributed by atoms with van der Waals surface area (Å²) in [6, 6.07) is 16.8. The molecule has 94 valence electrons. The second-order valence-electron chi connectivity index (χ2n) is 4.02. The van der Waals surface area contributed by atoms with E-state index in [-0.39, 0.29) is 0 Å². The van der Waals surface area contributed by atoms with Gasteiger partial charge in [-0.1, -0.05) is 41.9 Å². The van der Waals surface area contributed by atoms with Crippen LogP contribution in [0.15, 0.2) is 54.6 Å². The smallest absolute Gasteiger partial charge is 0.119 e. The van der Waals surface area contributed by atoms with Crippen molar-refractivity contribution >= 4 is 11.6 Å². The molecule has 2 nitrogen and oxygen atoms in total. The number of benzene rings is 2. The first-order valence-electron chi connectivity index (χ1n) is 5.87. The lowest BCUT2D eigenvalue weighted by Gasteiger charge is -2.12. The van der Waals surface area contributed by atoms with Crippen LogP contribution in [-0.4, -0.2) is 11.7 Å². The molecule has 0 aromatic heterocycles. The summed E-state index contributed by atoms with van der Waals surface area (Å²) in [5, 5.41) is 10.6. The molecule has 0 bridgehead atoms. The Morgan fingerprint density at radius 3 is 2.33 bits per heavy atom. The van der Waals surface area contributed by atoms with Crippen molar-refractivity contribution in [2.24, 2.45) is 0 Å². The SMILES string of the molecule is OC(CCOc1ccccc1)c1ccc(Cl)cc1. The highest BCUT2D eigenvalue weighted by Crippen LogP contribution is 2.19. The Kier molecular flexibility index (Phi) is 4.62. The van der Waals surface area contributed by atoms with Crippen LogP contribution in [0.2, 0.25) is 5.02 Å². The van der Waals surface area contributed by atoms with Gasteiger partial charge in [-0.2, -0.15) is 0 Å². The molecule has 1 N–H and O–H groups in total. The van der Waals surface area contributed by atoms with Gasteiger partial charge in [0.1, 0.15) is 5.75 Å². The van der Waals surface area contributed by atoms with Crippen LogP contribution in [0, 0.1) is 0 Å². The first kappa shape index (κ1) is 12.9. The quantitative estimate of drug-likeness (QED) is 0.887. The van der Waals surface area contributed by atoms with E-state index in [0.29, 0.717) is 18.1 Å². The summed E-state index contributed by atoms with van der Waals surface area (Å²) in [4.78, 5) is 0. The highest BCUT2D eigenvalue weighted by Gasteiger charge is 2.07. The molecule has 0 fully saturated rings. The van der Waals surface area contributed by atoms with Crippen molar-refractivity contribution in [1.82, 2.24) is 0 Å². The van der Waals surface area contributed by atoms with Gasteiger partial charge in [0.25, 0.3) is 0 Å². The number of halogens is 1. The van der Waals surface area contributed by atoms with Gasteiger partial charge in [-0.15, -0.1) is 0 Å². The molecule has 0 aliphatic rings. The summed E-state index contributed by atoms with van der Waals surface area (Å²) in [7, 11) is 0. The van der Waals surface area contributed by atoms with E-state index >= 15 is 0 Å². The lowest BCUT2D eigenvalue weighted by Crippen LogP contribution is -2.05. The Labute approximate surface area is 112 Å². The molecule has 0 saturated heterocycles. The van der Waals surface area contributed by atoms with Gasteiger partial charge in [-0.3, -0.25) is 0 Å². The minimum Gasteiger partial charge on any atom is -0.493 e. The molecule has 1 unspecified atom stereocenters. The van der Waals surface area contributed by atoms with Crippen LogP contribution in [-0.2, 0) is 0 Å². The number of para-hydroxylation sites is 1. The lowest BCUT2D eigenvalue weighted by molar-refractivity contribution is 0.141. The number of hydrogen-bond acceptors (Lipinski definition) is 2. The predicted molar refractivity (Wildman–Crippen MR) is 73.0 cm³/mol. The molecule has 2 aromatic carbocycles. The van der Waals surface area contributed by atoms with Gasteiger partial charge in [0.05, 0.1) is 12.7 Å².